The minimum atomic E-state index is 0.889. The SMILES string of the molecule is CCSc1cccc(-c2ccccc2)c1N. The molecule has 0 aliphatic rings. The number of nitrogens with two attached hydrogens (primary N) is 1. The number of nitrogen functional groups attached to an aromatic ring is 1. The fourth-order valence-electron chi connectivity index (χ4n) is 1.69. The van der Waals surface area contributed by atoms with E-state index in [9.17, 15) is 0 Å². The Labute approximate surface area is 101 Å². The summed E-state index contributed by atoms with van der Waals surface area (Å²) in [5.74, 6) is 1.04. The van der Waals surface area contributed by atoms with E-state index in [1.807, 2.05) is 18.2 Å². The fraction of sp³-hybridized carbons (Fsp3) is 0.143. The average Bonchev–Trinajstić information content (AvgIpc) is 2.33. The van der Waals surface area contributed by atoms with Crippen LogP contribution < -0.4 is 5.73 Å². The Morgan fingerprint density at radius 2 is 1.75 bits per heavy atom. The van der Waals surface area contributed by atoms with Gasteiger partial charge in [-0.1, -0.05) is 49.4 Å². The summed E-state index contributed by atoms with van der Waals surface area (Å²) in [4.78, 5) is 1.17. The van der Waals surface area contributed by atoms with Gasteiger partial charge in [0.25, 0.3) is 0 Å². The van der Waals surface area contributed by atoms with Gasteiger partial charge in [-0.05, 0) is 17.4 Å². The second-order valence-corrected chi connectivity index (χ2v) is 4.82. The molecular weight excluding hydrogens is 214 g/mol. The van der Waals surface area contributed by atoms with Crippen molar-refractivity contribution in [2.45, 2.75) is 11.8 Å². The molecule has 0 heterocycles. The van der Waals surface area contributed by atoms with Crippen LogP contribution in [0.2, 0.25) is 0 Å². The topological polar surface area (TPSA) is 26.0 Å². The third-order valence-corrected chi connectivity index (χ3v) is 3.41. The van der Waals surface area contributed by atoms with Crippen molar-refractivity contribution in [1.29, 1.82) is 0 Å². The molecule has 0 aromatic heterocycles. The molecule has 2 aromatic rings. The molecule has 0 unspecified atom stereocenters. The number of hydrogen-bond donors (Lipinski definition) is 1. The third-order valence-electron chi connectivity index (χ3n) is 2.45. The van der Waals surface area contributed by atoms with Crippen molar-refractivity contribution >= 4 is 17.4 Å². The van der Waals surface area contributed by atoms with Crippen LogP contribution in [0.1, 0.15) is 6.92 Å². The van der Waals surface area contributed by atoms with E-state index < -0.39 is 0 Å². The molecule has 0 saturated carbocycles. The van der Waals surface area contributed by atoms with Crippen LogP contribution >= 0.6 is 11.8 Å². The first-order valence-electron chi connectivity index (χ1n) is 5.39. The molecule has 0 radical (unpaired) electrons. The van der Waals surface area contributed by atoms with Gasteiger partial charge < -0.3 is 5.73 Å². The molecule has 0 atom stereocenters. The van der Waals surface area contributed by atoms with Crippen LogP contribution in [0.15, 0.2) is 53.4 Å². The Kier molecular flexibility index (Phi) is 3.52. The van der Waals surface area contributed by atoms with Crippen LogP contribution in [0, 0.1) is 0 Å². The summed E-state index contributed by atoms with van der Waals surface area (Å²) in [5, 5.41) is 0. The molecule has 2 rings (SSSR count). The maximum absolute atomic E-state index is 6.18. The van der Waals surface area contributed by atoms with Gasteiger partial charge >= 0.3 is 0 Å². The highest BCUT2D eigenvalue weighted by Crippen LogP contribution is 2.33. The van der Waals surface area contributed by atoms with Crippen LogP contribution in [0.4, 0.5) is 5.69 Å². The average molecular weight is 229 g/mol. The van der Waals surface area contributed by atoms with Gasteiger partial charge in [0.2, 0.25) is 0 Å². The van der Waals surface area contributed by atoms with Gasteiger partial charge in [-0.2, -0.15) is 0 Å². The van der Waals surface area contributed by atoms with Crippen LogP contribution in [-0.4, -0.2) is 5.75 Å². The normalized spacial score (nSPS) is 10.3. The number of para-hydroxylation sites is 1. The predicted octanol–water partition coefficient (Wildman–Crippen LogP) is 4.05. The third kappa shape index (κ3) is 2.22. The predicted molar refractivity (Wildman–Crippen MR) is 72.7 cm³/mol. The van der Waals surface area contributed by atoms with Crippen molar-refractivity contribution in [2.24, 2.45) is 0 Å². The number of benzene rings is 2. The molecule has 2 N–H and O–H groups in total. The molecule has 0 fully saturated rings. The standard InChI is InChI=1S/C14H15NS/c1-2-16-13-10-6-9-12(14(13)15)11-7-4-3-5-8-11/h3-10H,2,15H2,1H3. The van der Waals surface area contributed by atoms with E-state index in [0.29, 0.717) is 0 Å². The minimum Gasteiger partial charge on any atom is -0.397 e. The van der Waals surface area contributed by atoms with E-state index in [0.717, 1.165) is 17.0 Å². The van der Waals surface area contributed by atoms with E-state index >= 15 is 0 Å². The lowest BCUT2D eigenvalue weighted by atomic mass is 10.0. The lowest BCUT2D eigenvalue weighted by molar-refractivity contribution is 1.42. The zero-order chi connectivity index (χ0) is 11.4. The van der Waals surface area contributed by atoms with Crippen molar-refractivity contribution in [2.75, 3.05) is 11.5 Å². The molecule has 0 spiro atoms. The zero-order valence-electron chi connectivity index (χ0n) is 9.31. The van der Waals surface area contributed by atoms with Gasteiger partial charge in [-0.3, -0.25) is 0 Å². The van der Waals surface area contributed by atoms with Crippen molar-refractivity contribution in [1.82, 2.24) is 0 Å². The van der Waals surface area contributed by atoms with E-state index in [-0.39, 0.29) is 0 Å². The molecule has 0 saturated heterocycles. The summed E-state index contributed by atoms with van der Waals surface area (Å²) in [5.41, 5.74) is 9.37. The number of anilines is 1. The molecule has 2 heteroatoms. The van der Waals surface area contributed by atoms with E-state index in [4.69, 9.17) is 5.73 Å². The van der Waals surface area contributed by atoms with Gasteiger partial charge in [0.1, 0.15) is 0 Å². The maximum Gasteiger partial charge on any atom is 0.0531 e. The van der Waals surface area contributed by atoms with Crippen LogP contribution in [0.25, 0.3) is 11.1 Å². The fourth-order valence-corrected chi connectivity index (χ4v) is 2.45. The molecule has 16 heavy (non-hydrogen) atoms. The lowest BCUT2D eigenvalue weighted by Gasteiger charge is -2.10. The smallest absolute Gasteiger partial charge is 0.0531 e. The van der Waals surface area contributed by atoms with E-state index in [1.165, 1.54) is 10.5 Å². The molecule has 0 amide bonds. The molecule has 2 aromatic carbocycles. The van der Waals surface area contributed by atoms with E-state index in [2.05, 4.69) is 37.3 Å². The Morgan fingerprint density at radius 1 is 1.00 bits per heavy atom. The Bertz CT molecular complexity index is 465. The van der Waals surface area contributed by atoms with Gasteiger partial charge in [-0.25, -0.2) is 0 Å². The first-order valence-corrected chi connectivity index (χ1v) is 6.38. The molecule has 1 nitrogen and oxygen atoms in total. The Hall–Kier alpha value is -1.41. The Balaban J connectivity index is 2.46. The Morgan fingerprint density at radius 3 is 2.44 bits per heavy atom. The van der Waals surface area contributed by atoms with Gasteiger partial charge in [0.15, 0.2) is 0 Å². The molecular formula is C14H15NS. The van der Waals surface area contributed by atoms with Crippen molar-refractivity contribution < 1.29 is 0 Å². The highest BCUT2D eigenvalue weighted by Gasteiger charge is 2.05. The molecule has 0 bridgehead atoms. The van der Waals surface area contributed by atoms with Gasteiger partial charge in [0, 0.05) is 10.5 Å². The monoisotopic (exact) mass is 229 g/mol. The highest BCUT2D eigenvalue weighted by atomic mass is 32.2. The van der Waals surface area contributed by atoms with E-state index in [1.54, 1.807) is 11.8 Å². The van der Waals surface area contributed by atoms with Crippen molar-refractivity contribution in [3.05, 3.63) is 48.5 Å². The maximum atomic E-state index is 6.18. The summed E-state index contributed by atoms with van der Waals surface area (Å²) >= 11 is 1.79. The van der Waals surface area contributed by atoms with Crippen LogP contribution in [0.3, 0.4) is 0 Å². The summed E-state index contributed by atoms with van der Waals surface area (Å²) in [6.07, 6.45) is 0. The number of hydrogen-bond acceptors (Lipinski definition) is 2. The quantitative estimate of drug-likeness (QED) is 0.634. The highest BCUT2D eigenvalue weighted by molar-refractivity contribution is 7.99. The van der Waals surface area contributed by atoms with Crippen LogP contribution in [0.5, 0.6) is 0 Å². The number of rotatable bonds is 3. The largest absolute Gasteiger partial charge is 0.397 e. The van der Waals surface area contributed by atoms with Gasteiger partial charge in [0.05, 0.1) is 5.69 Å². The van der Waals surface area contributed by atoms with Gasteiger partial charge in [-0.15, -0.1) is 11.8 Å². The second-order valence-electron chi connectivity index (χ2n) is 3.52. The summed E-state index contributed by atoms with van der Waals surface area (Å²) in [6.45, 7) is 2.14. The lowest BCUT2D eigenvalue weighted by Crippen LogP contribution is -1.92. The van der Waals surface area contributed by atoms with Crippen LogP contribution in [-0.2, 0) is 0 Å². The summed E-state index contributed by atoms with van der Waals surface area (Å²) in [7, 11) is 0. The molecule has 0 aliphatic heterocycles. The molecule has 82 valence electrons. The summed E-state index contributed by atoms with van der Waals surface area (Å²) in [6, 6.07) is 16.5. The first kappa shape index (κ1) is 11.1. The first-order chi connectivity index (χ1) is 7.83. The number of thioether (sulfide) groups is 1. The van der Waals surface area contributed by atoms with Crippen molar-refractivity contribution in [3.63, 3.8) is 0 Å². The van der Waals surface area contributed by atoms with Crippen molar-refractivity contribution in [3.8, 4) is 11.1 Å². The molecule has 0 aliphatic carbocycles. The second kappa shape index (κ2) is 5.08. The summed E-state index contributed by atoms with van der Waals surface area (Å²) < 4.78 is 0. The zero-order valence-corrected chi connectivity index (χ0v) is 10.1. The minimum absolute atomic E-state index is 0.889.